The summed E-state index contributed by atoms with van der Waals surface area (Å²) in [6.07, 6.45) is 6.36. The fraction of sp³-hybridized carbons (Fsp3) is 0.429. The second-order valence-corrected chi connectivity index (χ2v) is 19.1. The Labute approximate surface area is 324 Å². The second kappa shape index (κ2) is 14.6. The van der Waals surface area contributed by atoms with Gasteiger partial charge >= 0.3 is 0 Å². The van der Waals surface area contributed by atoms with Crippen LogP contribution in [-0.2, 0) is 10.8 Å². The lowest BCUT2D eigenvalue weighted by Gasteiger charge is -2.49. The van der Waals surface area contributed by atoms with Crippen LogP contribution in [0.15, 0.2) is 81.7 Å². The van der Waals surface area contributed by atoms with Crippen LogP contribution in [0.25, 0.3) is 0 Å². The summed E-state index contributed by atoms with van der Waals surface area (Å²) >= 11 is 19.4. The minimum atomic E-state index is -0.254. The van der Waals surface area contributed by atoms with Crippen LogP contribution in [0.3, 0.4) is 0 Å². The summed E-state index contributed by atoms with van der Waals surface area (Å²) in [4.78, 5) is 0. The average Bonchev–Trinajstić information content (AvgIpc) is 3.00. The van der Waals surface area contributed by atoms with Gasteiger partial charge in [-0.2, -0.15) is 0 Å². The van der Waals surface area contributed by atoms with Crippen molar-refractivity contribution in [2.45, 2.75) is 90.9 Å². The van der Waals surface area contributed by atoms with Gasteiger partial charge in [0.15, 0.2) is 0 Å². The molecule has 4 N–H and O–H groups in total. The molecule has 2 saturated carbocycles. The van der Waals surface area contributed by atoms with Crippen LogP contribution in [0.2, 0.25) is 10.0 Å². The van der Waals surface area contributed by atoms with Gasteiger partial charge in [0.25, 0.3) is 0 Å². The second-order valence-electron chi connectivity index (χ2n) is 16.5. The van der Waals surface area contributed by atoms with Crippen molar-refractivity contribution in [2.24, 2.45) is 22.7 Å². The Hall–Kier alpha value is -2.38. The molecule has 0 bridgehead atoms. The number of rotatable bonds is 4. The molecule has 2 unspecified atom stereocenters. The van der Waals surface area contributed by atoms with Gasteiger partial charge in [-0.15, -0.1) is 0 Å². The first-order valence-corrected chi connectivity index (χ1v) is 19.6. The number of phenols is 4. The lowest BCUT2D eigenvalue weighted by molar-refractivity contribution is 0.126. The molecule has 50 heavy (non-hydrogen) atoms. The van der Waals surface area contributed by atoms with E-state index in [0.717, 1.165) is 52.2 Å². The highest BCUT2D eigenvalue weighted by Crippen LogP contribution is 2.56. The Morgan fingerprint density at radius 1 is 0.500 bits per heavy atom. The Bertz CT molecular complexity index is 1630. The third-order valence-electron chi connectivity index (χ3n) is 10.8. The van der Waals surface area contributed by atoms with Crippen molar-refractivity contribution in [3.05, 3.63) is 114 Å². The van der Waals surface area contributed by atoms with Crippen LogP contribution in [0, 0.1) is 22.7 Å². The lowest BCUT2D eigenvalue weighted by atomic mass is 9.55. The number of hydrogen-bond donors (Lipinski definition) is 4. The predicted octanol–water partition coefficient (Wildman–Crippen LogP) is 13.3. The number of benzene rings is 4. The molecule has 0 amide bonds. The third kappa shape index (κ3) is 8.14. The zero-order valence-corrected chi connectivity index (χ0v) is 34.3. The molecule has 268 valence electrons. The zero-order valence-electron chi connectivity index (χ0n) is 29.6. The maximum Gasteiger partial charge on any atom is 0.134 e. The molecule has 0 heterocycles. The molecule has 0 spiro atoms. The van der Waals surface area contributed by atoms with Crippen molar-refractivity contribution < 1.29 is 20.4 Å². The normalized spacial score (nSPS) is 21.9. The maximum absolute atomic E-state index is 9.94. The Morgan fingerprint density at radius 3 is 1.08 bits per heavy atom. The number of halogens is 4. The van der Waals surface area contributed by atoms with Gasteiger partial charge in [0.2, 0.25) is 0 Å². The van der Waals surface area contributed by atoms with Crippen molar-refractivity contribution in [2.75, 3.05) is 0 Å². The van der Waals surface area contributed by atoms with E-state index in [4.69, 9.17) is 23.2 Å². The number of hydrogen-bond acceptors (Lipinski definition) is 4. The molecule has 0 aromatic heterocycles. The first-order valence-electron chi connectivity index (χ1n) is 17.2. The van der Waals surface area contributed by atoms with Crippen LogP contribution >= 0.6 is 55.1 Å². The molecule has 8 heteroatoms. The summed E-state index contributed by atoms with van der Waals surface area (Å²) in [6.45, 7) is 13.9. The molecule has 6 rings (SSSR count). The first-order chi connectivity index (χ1) is 23.3. The topological polar surface area (TPSA) is 80.9 Å². The Balaban J connectivity index is 0.000000194. The summed E-state index contributed by atoms with van der Waals surface area (Å²) in [6, 6.07) is 22.7. The molecule has 0 aliphatic heterocycles. The van der Waals surface area contributed by atoms with E-state index in [1.807, 2.05) is 48.5 Å². The van der Waals surface area contributed by atoms with Gasteiger partial charge in [0, 0.05) is 10.8 Å². The van der Waals surface area contributed by atoms with E-state index in [1.165, 1.54) is 17.5 Å². The van der Waals surface area contributed by atoms with Crippen LogP contribution in [0.4, 0.5) is 0 Å². The van der Waals surface area contributed by atoms with Crippen LogP contribution in [0.5, 0.6) is 23.0 Å². The third-order valence-corrected chi connectivity index (χ3v) is 12.6. The summed E-state index contributed by atoms with van der Waals surface area (Å²) in [5.41, 5.74) is 4.54. The molecule has 4 aromatic rings. The molecule has 0 radical (unpaired) electrons. The summed E-state index contributed by atoms with van der Waals surface area (Å²) < 4.78 is 1.44. The standard InChI is InChI=1S/C21H24Br2O2.C21H24Cl2O2/c2*1-13-10-20(2,3)12-21(11-13,14-4-6-18(24)16(22)8-14)15-5-7-19(25)17(23)9-15/h2*4-9,13,24-25H,10-12H2,1-3H3. The van der Waals surface area contributed by atoms with E-state index >= 15 is 0 Å². The first kappa shape index (κ1) is 38.8. The molecule has 0 saturated heterocycles. The average molecular weight is 848 g/mol. The van der Waals surface area contributed by atoms with E-state index in [-0.39, 0.29) is 44.7 Å². The van der Waals surface area contributed by atoms with Gasteiger partial charge < -0.3 is 20.4 Å². The van der Waals surface area contributed by atoms with E-state index in [0.29, 0.717) is 21.9 Å². The minimum Gasteiger partial charge on any atom is -0.507 e. The summed E-state index contributed by atoms with van der Waals surface area (Å²) in [5, 5.41) is 40.3. The fourth-order valence-electron chi connectivity index (χ4n) is 9.57. The van der Waals surface area contributed by atoms with E-state index in [1.54, 1.807) is 24.3 Å². The van der Waals surface area contributed by atoms with Gasteiger partial charge in [-0.1, -0.05) is 89.0 Å². The number of aromatic hydroxyl groups is 4. The highest BCUT2D eigenvalue weighted by atomic mass is 79.9. The molecular formula is C42H48Br2Cl2O4. The largest absolute Gasteiger partial charge is 0.507 e. The number of phenolic OH excluding ortho intramolecular Hbond substituents is 4. The Morgan fingerprint density at radius 2 is 0.800 bits per heavy atom. The maximum atomic E-state index is 9.94. The Kier molecular flexibility index (Phi) is 11.3. The molecule has 2 atom stereocenters. The summed E-state index contributed by atoms with van der Waals surface area (Å²) in [5.74, 6) is 1.82. The molecule has 2 fully saturated rings. The highest BCUT2D eigenvalue weighted by molar-refractivity contribution is 9.10. The molecule has 4 aromatic carbocycles. The van der Waals surface area contributed by atoms with Crippen LogP contribution in [0.1, 0.15) is 102 Å². The van der Waals surface area contributed by atoms with Gasteiger partial charge in [0.05, 0.1) is 19.0 Å². The van der Waals surface area contributed by atoms with E-state index < -0.39 is 0 Å². The fourth-order valence-corrected chi connectivity index (χ4v) is 10.7. The van der Waals surface area contributed by atoms with E-state index in [2.05, 4.69) is 73.4 Å². The van der Waals surface area contributed by atoms with Gasteiger partial charge in [-0.3, -0.25) is 0 Å². The van der Waals surface area contributed by atoms with Crippen LogP contribution < -0.4 is 0 Å². The van der Waals surface area contributed by atoms with Crippen molar-refractivity contribution in [1.29, 1.82) is 0 Å². The van der Waals surface area contributed by atoms with Gasteiger partial charge in [0.1, 0.15) is 23.0 Å². The van der Waals surface area contributed by atoms with Crippen molar-refractivity contribution in [3.8, 4) is 23.0 Å². The molecule has 2 aliphatic rings. The SMILES string of the molecule is CC1CC(C)(C)CC(c2ccc(O)c(Br)c2)(c2ccc(O)c(Br)c2)C1.CC1CC(C)(C)CC(c2ccc(O)c(Cl)c2)(c2ccc(O)c(Cl)c2)C1. The van der Waals surface area contributed by atoms with Crippen LogP contribution in [-0.4, -0.2) is 20.4 Å². The summed E-state index contributed by atoms with van der Waals surface area (Å²) in [7, 11) is 0. The lowest BCUT2D eigenvalue weighted by Crippen LogP contribution is -2.41. The zero-order chi connectivity index (χ0) is 36.8. The predicted molar refractivity (Wildman–Crippen MR) is 213 cm³/mol. The van der Waals surface area contributed by atoms with Crippen molar-refractivity contribution in [3.63, 3.8) is 0 Å². The molecular weight excluding hydrogens is 799 g/mol. The quantitative estimate of drug-likeness (QED) is 0.165. The van der Waals surface area contributed by atoms with E-state index in [9.17, 15) is 20.4 Å². The molecule has 4 nitrogen and oxygen atoms in total. The van der Waals surface area contributed by atoms with Crippen molar-refractivity contribution >= 4 is 55.1 Å². The minimum absolute atomic E-state index is 0.0902. The monoisotopic (exact) mass is 844 g/mol. The highest BCUT2D eigenvalue weighted by Gasteiger charge is 2.47. The van der Waals surface area contributed by atoms with Gasteiger partial charge in [-0.05, 0) is 164 Å². The smallest absolute Gasteiger partial charge is 0.134 e. The molecule has 2 aliphatic carbocycles. The van der Waals surface area contributed by atoms with Gasteiger partial charge in [-0.25, -0.2) is 0 Å². The van der Waals surface area contributed by atoms with Crippen molar-refractivity contribution in [1.82, 2.24) is 0 Å².